The predicted octanol–water partition coefficient (Wildman–Crippen LogP) is 1.86. The molecule has 3 nitrogen and oxygen atoms in total. The number of nitrogens with two attached hydrogens (primary N) is 1. The SMILES string of the molecule is CCN(CC(C)C)C(=O)[C@@H](N)C(C)(C)C. The minimum absolute atomic E-state index is 0.0682. The van der Waals surface area contributed by atoms with Gasteiger partial charge in [0.1, 0.15) is 0 Å². The molecular weight excluding hydrogens is 188 g/mol. The van der Waals surface area contributed by atoms with Crippen LogP contribution in [-0.4, -0.2) is 29.9 Å². The Kier molecular flexibility index (Phi) is 5.29. The summed E-state index contributed by atoms with van der Waals surface area (Å²) in [6, 6.07) is -0.406. The molecule has 0 rings (SSSR count). The first kappa shape index (κ1) is 14.4. The van der Waals surface area contributed by atoms with E-state index in [2.05, 4.69) is 13.8 Å². The Bertz CT molecular complexity index is 206. The van der Waals surface area contributed by atoms with Crippen LogP contribution in [-0.2, 0) is 4.79 Å². The van der Waals surface area contributed by atoms with Crippen LogP contribution in [0, 0.1) is 11.3 Å². The average Bonchev–Trinajstić information content (AvgIpc) is 2.10. The number of carbonyl (C=O) groups excluding carboxylic acids is 1. The van der Waals surface area contributed by atoms with Crippen LogP contribution in [0.5, 0.6) is 0 Å². The average molecular weight is 214 g/mol. The van der Waals surface area contributed by atoms with Crippen LogP contribution >= 0.6 is 0 Å². The maximum Gasteiger partial charge on any atom is 0.240 e. The van der Waals surface area contributed by atoms with Gasteiger partial charge < -0.3 is 10.6 Å². The third kappa shape index (κ3) is 4.65. The van der Waals surface area contributed by atoms with E-state index in [-0.39, 0.29) is 11.3 Å². The van der Waals surface area contributed by atoms with Gasteiger partial charge in [-0.2, -0.15) is 0 Å². The molecule has 0 fully saturated rings. The van der Waals surface area contributed by atoms with Crippen LogP contribution in [0.3, 0.4) is 0 Å². The smallest absolute Gasteiger partial charge is 0.240 e. The summed E-state index contributed by atoms with van der Waals surface area (Å²) in [4.78, 5) is 13.9. The molecule has 0 aromatic carbocycles. The van der Waals surface area contributed by atoms with Gasteiger partial charge >= 0.3 is 0 Å². The maximum absolute atomic E-state index is 12.1. The van der Waals surface area contributed by atoms with Crippen LogP contribution in [0.15, 0.2) is 0 Å². The monoisotopic (exact) mass is 214 g/mol. The van der Waals surface area contributed by atoms with Gasteiger partial charge in [-0.3, -0.25) is 4.79 Å². The zero-order valence-electron chi connectivity index (χ0n) is 11.0. The number of amides is 1. The zero-order valence-corrected chi connectivity index (χ0v) is 11.0. The van der Waals surface area contributed by atoms with Gasteiger partial charge in [-0.1, -0.05) is 34.6 Å². The molecule has 0 heterocycles. The lowest BCUT2D eigenvalue weighted by molar-refractivity contribution is -0.135. The lowest BCUT2D eigenvalue weighted by Crippen LogP contribution is -2.51. The van der Waals surface area contributed by atoms with Crippen molar-refractivity contribution in [1.29, 1.82) is 0 Å². The van der Waals surface area contributed by atoms with Crippen molar-refractivity contribution >= 4 is 5.91 Å². The molecule has 0 aliphatic heterocycles. The summed E-state index contributed by atoms with van der Waals surface area (Å²) in [6.45, 7) is 13.7. The molecule has 0 saturated carbocycles. The molecule has 1 atom stereocenters. The van der Waals surface area contributed by atoms with Crippen molar-refractivity contribution in [3.63, 3.8) is 0 Å². The van der Waals surface area contributed by atoms with E-state index >= 15 is 0 Å². The fraction of sp³-hybridized carbons (Fsp3) is 0.917. The standard InChI is InChI=1S/C12H26N2O/c1-7-14(8-9(2)3)11(15)10(13)12(4,5)6/h9-10H,7-8,13H2,1-6H3/t10-/m1/s1. The molecular formula is C12H26N2O. The molecule has 3 heteroatoms. The quantitative estimate of drug-likeness (QED) is 0.776. The van der Waals surface area contributed by atoms with Gasteiger partial charge in [-0.15, -0.1) is 0 Å². The number of rotatable bonds is 4. The van der Waals surface area contributed by atoms with Crippen LogP contribution in [0.1, 0.15) is 41.5 Å². The number of likely N-dealkylation sites (N-methyl/N-ethyl adjacent to an activating group) is 1. The summed E-state index contributed by atoms with van der Waals surface area (Å²) in [5, 5.41) is 0. The summed E-state index contributed by atoms with van der Waals surface area (Å²) >= 11 is 0. The van der Waals surface area contributed by atoms with Crippen molar-refractivity contribution in [2.45, 2.75) is 47.6 Å². The Labute approximate surface area is 94.0 Å². The molecule has 90 valence electrons. The van der Waals surface area contributed by atoms with Gasteiger partial charge in [0.05, 0.1) is 6.04 Å². The summed E-state index contributed by atoms with van der Waals surface area (Å²) < 4.78 is 0. The summed E-state index contributed by atoms with van der Waals surface area (Å²) in [6.07, 6.45) is 0. The number of nitrogens with zero attached hydrogens (tertiary/aromatic N) is 1. The van der Waals surface area contributed by atoms with E-state index < -0.39 is 6.04 Å². The molecule has 0 bridgehead atoms. The molecule has 0 unspecified atom stereocenters. The van der Waals surface area contributed by atoms with E-state index in [1.807, 2.05) is 32.6 Å². The Balaban J connectivity index is 4.52. The molecule has 0 radical (unpaired) electrons. The van der Waals surface area contributed by atoms with Gasteiger partial charge in [0.25, 0.3) is 0 Å². The summed E-state index contributed by atoms with van der Waals surface area (Å²) in [5.41, 5.74) is 5.79. The van der Waals surface area contributed by atoms with E-state index in [1.54, 1.807) is 0 Å². The molecule has 0 spiro atoms. The molecule has 0 saturated heterocycles. The van der Waals surface area contributed by atoms with E-state index in [0.717, 1.165) is 13.1 Å². The second-order valence-corrected chi connectivity index (χ2v) is 5.61. The summed E-state index contributed by atoms with van der Waals surface area (Å²) in [5.74, 6) is 0.555. The van der Waals surface area contributed by atoms with Gasteiger partial charge in [0, 0.05) is 13.1 Å². The normalized spacial score (nSPS) is 14.1. The number of carbonyl (C=O) groups is 1. The Morgan fingerprint density at radius 1 is 1.33 bits per heavy atom. The predicted molar refractivity (Wildman–Crippen MR) is 64.5 cm³/mol. The molecule has 0 aliphatic rings. The fourth-order valence-electron chi connectivity index (χ4n) is 1.38. The van der Waals surface area contributed by atoms with Crippen LogP contribution in [0.25, 0.3) is 0 Å². The maximum atomic E-state index is 12.1. The van der Waals surface area contributed by atoms with Crippen molar-refractivity contribution in [2.75, 3.05) is 13.1 Å². The Morgan fingerprint density at radius 3 is 2.07 bits per heavy atom. The lowest BCUT2D eigenvalue weighted by Gasteiger charge is -2.32. The topological polar surface area (TPSA) is 46.3 Å². The van der Waals surface area contributed by atoms with Gasteiger partial charge in [-0.25, -0.2) is 0 Å². The summed E-state index contributed by atoms with van der Waals surface area (Å²) in [7, 11) is 0. The van der Waals surface area contributed by atoms with E-state index in [9.17, 15) is 4.79 Å². The van der Waals surface area contributed by atoms with E-state index in [4.69, 9.17) is 5.73 Å². The van der Waals surface area contributed by atoms with Crippen molar-refractivity contribution in [1.82, 2.24) is 4.90 Å². The second-order valence-electron chi connectivity index (χ2n) is 5.61. The van der Waals surface area contributed by atoms with Crippen molar-refractivity contribution in [3.05, 3.63) is 0 Å². The first-order valence-corrected chi connectivity index (χ1v) is 5.74. The molecule has 15 heavy (non-hydrogen) atoms. The largest absolute Gasteiger partial charge is 0.341 e. The highest BCUT2D eigenvalue weighted by atomic mass is 16.2. The molecule has 0 aromatic heterocycles. The van der Waals surface area contributed by atoms with Crippen LogP contribution in [0.2, 0.25) is 0 Å². The van der Waals surface area contributed by atoms with E-state index in [0.29, 0.717) is 5.92 Å². The third-order valence-corrected chi connectivity index (χ3v) is 2.48. The highest BCUT2D eigenvalue weighted by Crippen LogP contribution is 2.19. The van der Waals surface area contributed by atoms with Crippen molar-refractivity contribution in [3.8, 4) is 0 Å². The van der Waals surface area contributed by atoms with Gasteiger partial charge in [0.2, 0.25) is 5.91 Å². The van der Waals surface area contributed by atoms with Gasteiger partial charge in [0.15, 0.2) is 0 Å². The van der Waals surface area contributed by atoms with Crippen LogP contribution < -0.4 is 5.73 Å². The zero-order chi connectivity index (χ0) is 12.2. The van der Waals surface area contributed by atoms with E-state index in [1.165, 1.54) is 0 Å². The van der Waals surface area contributed by atoms with Crippen molar-refractivity contribution < 1.29 is 4.79 Å². The van der Waals surface area contributed by atoms with Crippen LogP contribution in [0.4, 0.5) is 0 Å². The highest BCUT2D eigenvalue weighted by Gasteiger charge is 2.30. The molecule has 1 amide bonds. The van der Waals surface area contributed by atoms with Gasteiger partial charge in [-0.05, 0) is 18.3 Å². The first-order chi connectivity index (χ1) is 6.70. The minimum Gasteiger partial charge on any atom is -0.341 e. The fourth-order valence-corrected chi connectivity index (χ4v) is 1.38. The second kappa shape index (κ2) is 5.50. The Morgan fingerprint density at radius 2 is 1.80 bits per heavy atom. The first-order valence-electron chi connectivity index (χ1n) is 5.74. The lowest BCUT2D eigenvalue weighted by atomic mass is 9.86. The molecule has 0 aromatic rings. The highest BCUT2D eigenvalue weighted by molar-refractivity contribution is 5.82. The minimum atomic E-state index is -0.406. The number of hydrogen-bond donors (Lipinski definition) is 1. The third-order valence-electron chi connectivity index (χ3n) is 2.48. The van der Waals surface area contributed by atoms with Crippen molar-refractivity contribution in [2.24, 2.45) is 17.1 Å². The molecule has 2 N–H and O–H groups in total. The molecule has 0 aliphatic carbocycles. The Hall–Kier alpha value is -0.570. The number of hydrogen-bond acceptors (Lipinski definition) is 2.